The zero-order chi connectivity index (χ0) is 21.1. The molecule has 3 aromatic rings. The molecule has 0 saturated heterocycles. The number of nitriles is 3. The first-order valence-electron chi connectivity index (χ1n) is 8.27. The molecule has 140 valence electrons. The smallest absolute Gasteiger partial charge is 0.144 e. The van der Waals surface area contributed by atoms with Crippen molar-refractivity contribution < 1.29 is 4.42 Å². The van der Waals surface area contributed by atoms with Crippen molar-refractivity contribution in [1.82, 2.24) is 4.98 Å². The molecule has 0 atom stereocenters. The van der Waals surface area contributed by atoms with Gasteiger partial charge in [-0.05, 0) is 30.7 Å². The summed E-state index contributed by atoms with van der Waals surface area (Å²) in [6, 6.07) is 14.6. The standard InChI is InChI=1S/C21H13ClN6O/c1-11-2-3-12(7-17(11)22)18-5-4-14(29-18)6-13(8-23)20-15(9-24)19(26)16(10-25)21(27)28-20/h2-7H,1H3,(H4,26,27,28)/b13-6+. The largest absolute Gasteiger partial charge is 0.457 e. The van der Waals surface area contributed by atoms with Crippen LogP contribution in [0.15, 0.2) is 34.7 Å². The lowest BCUT2D eigenvalue weighted by molar-refractivity contribution is 0.572. The molecular formula is C21H13ClN6O. The number of nitrogens with two attached hydrogens (primary N) is 2. The van der Waals surface area contributed by atoms with E-state index in [-0.39, 0.29) is 33.9 Å². The molecule has 1 aromatic carbocycles. The quantitative estimate of drug-likeness (QED) is 0.623. The highest BCUT2D eigenvalue weighted by atomic mass is 35.5. The predicted octanol–water partition coefficient (Wildman–Crippen LogP) is 4.28. The van der Waals surface area contributed by atoms with Crippen LogP contribution < -0.4 is 11.5 Å². The molecule has 0 aliphatic rings. The summed E-state index contributed by atoms with van der Waals surface area (Å²) < 4.78 is 5.79. The Labute approximate surface area is 171 Å². The number of benzene rings is 1. The van der Waals surface area contributed by atoms with Gasteiger partial charge >= 0.3 is 0 Å². The Hall–Kier alpha value is -4.25. The maximum absolute atomic E-state index is 9.59. The third-order valence-electron chi connectivity index (χ3n) is 4.23. The molecule has 0 aliphatic heterocycles. The number of hydrogen-bond donors (Lipinski definition) is 2. The first-order valence-corrected chi connectivity index (χ1v) is 8.65. The lowest BCUT2D eigenvalue weighted by Crippen LogP contribution is -2.07. The van der Waals surface area contributed by atoms with E-state index >= 15 is 0 Å². The summed E-state index contributed by atoms with van der Waals surface area (Å²) >= 11 is 6.16. The number of hydrogen-bond acceptors (Lipinski definition) is 7. The number of aromatic nitrogens is 1. The summed E-state index contributed by atoms with van der Waals surface area (Å²) in [5.74, 6) is 0.762. The number of anilines is 2. The van der Waals surface area contributed by atoms with Crippen molar-refractivity contribution in [3.05, 3.63) is 63.5 Å². The monoisotopic (exact) mass is 400 g/mol. The third-order valence-corrected chi connectivity index (χ3v) is 4.64. The van der Waals surface area contributed by atoms with Crippen molar-refractivity contribution in [3.63, 3.8) is 0 Å². The van der Waals surface area contributed by atoms with Crippen LogP contribution in [0.5, 0.6) is 0 Å². The third kappa shape index (κ3) is 3.61. The minimum Gasteiger partial charge on any atom is -0.457 e. The summed E-state index contributed by atoms with van der Waals surface area (Å²) in [6.45, 7) is 1.90. The van der Waals surface area contributed by atoms with Crippen LogP contribution in [0.3, 0.4) is 0 Å². The van der Waals surface area contributed by atoms with Crippen LogP contribution in [0.4, 0.5) is 11.5 Å². The fraction of sp³-hybridized carbons (Fsp3) is 0.0476. The highest BCUT2D eigenvalue weighted by molar-refractivity contribution is 6.31. The Kier molecular flexibility index (Phi) is 5.23. The highest BCUT2D eigenvalue weighted by Crippen LogP contribution is 2.31. The molecule has 0 unspecified atom stereocenters. The first kappa shape index (κ1) is 19.5. The maximum atomic E-state index is 9.59. The topological polar surface area (TPSA) is 149 Å². The van der Waals surface area contributed by atoms with Crippen LogP contribution in [0, 0.1) is 40.9 Å². The zero-order valence-corrected chi connectivity index (χ0v) is 15.9. The molecule has 2 heterocycles. The van der Waals surface area contributed by atoms with Gasteiger partial charge in [0, 0.05) is 16.7 Å². The molecule has 0 amide bonds. The van der Waals surface area contributed by atoms with Gasteiger partial charge in [0.25, 0.3) is 0 Å². The second-order valence-corrected chi connectivity index (χ2v) is 6.48. The van der Waals surface area contributed by atoms with Crippen molar-refractivity contribution in [2.24, 2.45) is 0 Å². The molecular weight excluding hydrogens is 388 g/mol. The summed E-state index contributed by atoms with van der Waals surface area (Å²) in [6.07, 6.45) is 1.42. The van der Waals surface area contributed by atoms with Crippen molar-refractivity contribution >= 4 is 34.8 Å². The molecule has 0 radical (unpaired) electrons. The summed E-state index contributed by atoms with van der Waals surface area (Å²) in [5.41, 5.74) is 13.0. The number of nitrogen functional groups attached to an aromatic ring is 2. The minimum absolute atomic E-state index is 0.0136. The molecule has 0 fully saturated rings. The molecule has 0 saturated carbocycles. The van der Waals surface area contributed by atoms with Crippen molar-refractivity contribution in [1.29, 1.82) is 15.8 Å². The van der Waals surface area contributed by atoms with E-state index in [4.69, 9.17) is 32.7 Å². The van der Waals surface area contributed by atoms with E-state index in [1.807, 2.05) is 31.2 Å². The van der Waals surface area contributed by atoms with Gasteiger partial charge in [-0.2, -0.15) is 15.8 Å². The van der Waals surface area contributed by atoms with Gasteiger partial charge in [0.2, 0.25) is 0 Å². The Bertz CT molecular complexity index is 1280. The van der Waals surface area contributed by atoms with Crippen LogP contribution in [0.2, 0.25) is 5.02 Å². The van der Waals surface area contributed by atoms with E-state index in [2.05, 4.69) is 4.98 Å². The van der Waals surface area contributed by atoms with E-state index in [1.165, 1.54) is 6.08 Å². The maximum Gasteiger partial charge on any atom is 0.144 e. The lowest BCUT2D eigenvalue weighted by atomic mass is 10.0. The Morgan fingerprint density at radius 3 is 2.45 bits per heavy atom. The number of aryl methyl sites for hydroxylation is 1. The van der Waals surface area contributed by atoms with Gasteiger partial charge in [0.15, 0.2) is 0 Å². The van der Waals surface area contributed by atoms with Gasteiger partial charge < -0.3 is 15.9 Å². The van der Waals surface area contributed by atoms with Gasteiger partial charge in [0.05, 0.1) is 11.3 Å². The lowest BCUT2D eigenvalue weighted by Gasteiger charge is -2.08. The normalized spacial score (nSPS) is 10.8. The average Bonchev–Trinajstić information content (AvgIpc) is 3.17. The van der Waals surface area contributed by atoms with Gasteiger partial charge in [-0.15, -0.1) is 0 Å². The summed E-state index contributed by atoms with van der Waals surface area (Å²) in [5, 5.41) is 28.8. The van der Waals surface area contributed by atoms with E-state index < -0.39 is 0 Å². The Balaban J connectivity index is 2.08. The molecule has 0 spiro atoms. The average molecular weight is 401 g/mol. The number of allylic oxidation sites excluding steroid dienone is 1. The molecule has 3 rings (SSSR count). The number of furan rings is 1. The van der Waals surface area contributed by atoms with Crippen LogP contribution in [-0.2, 0) is 0 Å². The molecule has 4 N–H and O–H groups in total. The molecule has 8 heteroatoms. The molecule has 2 aromatic heterocycles. The fourth-order valence-corrected chi connectivity index (χ4v) is 2.86. The van der Waals surface area contributed by atoms with Crippen molar-refractivity contribution in [3.8, 4) is 29.5 Å². The number of halogens is 1. The van der Waals surface area contributed by atoms with Crippen LogP contribution in [-0.4, -0.2) is 4.98 Å². The van der Waals surface area contributed by atoms with Crippen molar-refractivity contribution in [2.45, 2.75) is 6.92 Å². The SMILES string of the molecule is Cc1ccc(-c2ccc(/C=C(\C#N)c3nc(N)c(C#N)c(N)c3C#N)o2)cc1Cl. The van der Waals surface area contributed by atoms with Crippen LogP contribution >= 0.6 is 11.6 Å². The van der Waals surface area contributed by atoms with Gasteiger partial charge in [-0.3, -0.25) is 0 Å². The van der Waals surface area contributed by atoms with Gasteiger partial charge in [0.1, 0.15) is 52.4 Å². The van der Waals surface area contributed by atoms with E-state index in [0.717, 1.165) is 11.1 Å². The molecule has 0 aliphatic carbocycles. The van der Waals surface area contributed by atoms with Crippen LogP contribution in [0.1, 0.15) is 28.1 Å². The van der Waals surface area contributed by atoms with E-state index in [1.54, 1.807) is 24.3 Å². The van der Waals surface area contributed by atoms with Crippen LogP contribution in [0.25, 0.3) is 23.0 Å². The zero-order valence-electron chi connectivity index (χ0n) is 15.2. The van der Waals surface area contributed by atoms with Crippen molar-refractivity contribution in [2.75, 3.05) is 11.5 Å². The minimum atomic E-state index is -0.158. The first-order chi connectivity index (χ1) is 13.9. The predicted molar refractivity (Wildman–Crippen MR) is 110 cm³/mol. The second kappa shape index (κ2) is 7.78. The summed E-state index contributed by atoms with van der Waals surface area (Å²) in [7, 11) is 0. The fourth-order valence-electron chi connectivity index (χ4n) is 2.68. The van der Waals surface area contributed by atoms with E-state index in [9.17, 15) is 10.5 Å². The number of pyridine rings is 1. The van der Waals surface area contributed by atoms with Gasteiger partial charge in [-0.1, -0.05) is 23.7 Å². The highest BCUT2D eigenvalue weighted by Gasteiger charge is 2.19. The number of rotatable bonds is 3. The molecule has 29 heavy (non-hydrogen) atoms. The Morgan fingerprint density at radius 1 is 1.10 bits per heavy atom. The number of nitrogens with zero attached hydrogens (tertiary/aromatic N) is 4. The molecule has 0 bridgehead atoms. The second-order valence-electron chi connectivity index (χ2n) is 6.07. The Morgan fingerprint density at radius 2 is 1.83 bits per heavy atom. The summed E-state index contributed by atoms with van der Waals surface area (Å²) in [4.78, 5) is 4.03. The van der Waals surface area contributed by atoms with E-state index in [0.29, 0.717) is 16.5 Å². The van der Waals surface area contributed by atoms with Gasteiger partial charge in [-0.25, -0.2) is 4.98 Å². The molecule has 7 nitrogen and oxygen atoms in total.